The molecule has 0 radical (unpaired) electrons. The number of hydrogen-bond acceptors (Lipinski definition) is 7. The van der Waals surface area contributed by atoms with Gasteiger partial charge in [0.25, 0.3) is 0 Å². The number of nitriles is 1. The van der Waals surface area contributed by atoms with Crippen LogP contribution in [0.15, 0.2) is 42.6 Å². The Labute approximate surface area is 301 Å². The second kappa shape index (κ2) is 12.8. The quantitative estimate of drug-likeness (QED) is 0.182. The highest BCUT2D eigenvalue weighted by atomic mass is 19.1. The summed E-state index contributed by atoms with van der Waals surface area (Å²) in [4.78, 5) is 26.6. The van der Waals surface area contributed by atoms with Crippen LogP contribution in [-0.4, -0.2) is 75.1 Å². The smallest absolute Gasteiger partial charge is 0.223 e. The first kappa shape index (κ1) is 33.2. The highest BCUT2D eigenvalue weighted by Crippen LogP contribution is 2.51. The molecule has 3 aromatic heterocycles. The molecule has 52 heavy (non-hydrogen) atoms. The van der Waals surface area contributed by atoms with E-state index in [0.717, 1.165) is 68.0 Å². The number of aromatic nitrogens is 3. The number of fused-ring (bicyclic) bond motifs is 5. The van der Waals surface area contributed by atoms with E-state index in [1.165, 1.54) is 6.07 Å². The van der Waals surface area contributed by atoms with Crippen molar-refractivity contribution in [3.63, 3.8) is 0 Å². The van der Waals surface area contributed by atoms with Crippen molar-refractivity contribution >= 4 is 38.6 Å². The minimum absolute atomic E-state index is 0.0434. The summed E-state index contributed by atoms with van der Waals surface area (Å²) < 4.78 is 41.7. The summed E-state index contributed by atoms with van der Waals surface area (Å²) in [7, 11) is 2.11. The summed E-state index contributed by atoms with van der Waals surface area (Å²) in [6, 6.07) is 13.6. The number of benzene rings is 2. The van der Waals surface area contributed by atoms with Crippen LogP contribution in [0.3, 0.4) is 0 Å². The number of rotatable bonds is 8. The van der Waals surface area contributed by atoms with Gasteiger partial charge in [-0.25, -0.2) is 13.8 Å². The van der Waals surface area contributed by atoms with E-state index in [4.69, 9.17) is 9.72 Å². The summed E-state index contributed by atoms with van der Waals surface area (Å²) in [6.45, 7) is 6.30. The third-order valence-corrected chi connectivity index (χ3v) is 12.4. The highest BCUT2D eigenvalue weighted by molar-refractivity contribution is 6.09. The molecule has 0 unspecified atom stereocenters. The SMILES string of the molecule is CC(=O)N1CCC[C@@H]1c1cc2c(O[C@@H](C)[C@@H]3CCCN3C)nc3c(F)c(-c4cccc5ncc(F)cc45)c(CCC#N)cc3c2n1[C@H]1[C@H]2CN[C@@H]1C2. The Morgan fingerprint density at radius 2 is 1.98 bits per heavy atom. The van der Waals surface area contributed by atoms with Gasteiger partial charge in [-0.2, -0.15) is 5.26 Å². The van der Waals surface area contributed by atoms with E-state index in [-0.39, 0.29) is 48.1 Å². The molecule has 1 N–H and O–H groups in total. The number of likely N-dealkylation sites (tertiary alicyclic amines) is 2. The molecule has 7 heterocycles. The standard InChI is InChI=1S/C41H43F2N7O2/c1-22(33-11-6-14-48(33)3)52-41-30-19-35(34-12-7-15-49(34)23(2)51)50(39-25-17-32(39)45-20-25)40(30)29-16-24(8-5-13-44)36(37(43)38(29)47-41)27-9-4-10-31-28(27)18-26(42)21-46-31/h4,9-10,16,18-19,21-22,25,32-34,39,45H,5-8,11-12,14-15,17,20H2,1-3H3/t22-,25+,32+,33-,34+,39-/m0/s1. The van der Waals surface area contributed by atoms with Crippen LogP contribution >= 0.6 is 0 Å². The number of likely N-dealkylation sites (N-methyl/N-ethyl adjacent to an activating group) is 1. The average Bonchev–Trinajstić information content (AvgIpc) is 3.97. The van der Waals surface area contributed by atoms with Gasteiger partial charge in [0.1, 0.15) is 17.4 Å². The number of halogens is 2. The van der Waals surface area contributed by atoms with Crippen LogP contribution in [0.25, 0.3) is 43.8 Å². The first-order valence-electron chi connectivity index (χ1n) is 18.7. The van der Waals surface area contributed by atoms with Crippen LogP contribution < -0.4 is 10.1 Å². The van der Waals surface area contributed by atoms with Crippen LogP contribution in [0.1, 0.15) is 75.7 Å². The second-order valence-electron chi connectivity index (χ2n) is 15.3. The Kier molecular flexibility index (Phi) is 8.16. The normalized spacial score (nSPS) is 24.9. The lowest BCUT2D eigenvalue weighted by Gasteiger charge is -2.39. The topological polar surface area (TPSA) is 99.3 Å². The fourth-order valence-electron chi connectivity index (χ4n) is 9.89. The molecule has 2 aromatic carbocycles. The maximum absolute atomic E-state index is 17.8. The monoisotopic (exact) mass is 703 g/mol. The second-order valence-corrected chi connectivity index (χ2v) is 15.3. The molecule has 4 saturated heterocycles. The molecule has 2 bridgehead atoms. The predicted octanol–water partition coefficient (Wildman–Crippen LogP) is 7.22. The highest BCUT2D eigenvalue weighted by Gasteiger charge is 2.50. The number of amides is 1. The van der Waals surface area contributed by atoms with Crippen LogP contribution in [0, 0.1) is 28.9 Å². The van der Waals surface area contributed by atoms with E-state index in [1.807, 2.05) is 11.0 Å². The van der Waals surface area contributed by atoms with Crippen LogP contribution in [0.5, 0.6) is 5.88 Å². The van der Waals surface area contributed by atoms with Gasteiger partial charge in [0.05, 0.1) is 40.8 Å². The number of carbonyl (C=O) groups is 1. The van der Waals surface area contributed by atoms with Gasteiger partial charge in [-0.15, -0.1) is 0 Å². The first-order valence-corrected chi connectivity index (χ1v) is 18.7. The first-order chi connectivity index (χ1) is 25.2. The van der Waals surface area contributed by atoms with Crippen LogP contribution in [0.2, 0.25) is 0 Å². The average molecular weight is 704 g/mol. The van der Waals surface area contributed by atoms with Gasteiger partial charge in [-0.05, 0) is 100 Å². The third kappa shape index (κ3) is 5.17. The van der Waals surface area contributed by atoms with Crippen LogP contribution in [0.4, 0.5) is 8.78 Å². The molecule has 5 aromatic rings. The minimum Gasteiger partial charge on any atom is -0.472 e. The van der Waals surface area contributed by atoms with Crippen molar-refractivity contribution in [1.82, 2.24) is 29.7 Å². The molecule has 1 amide bonds. The van der Waals surface area contributed by atoms with Gasteiger partial charge in [0, 0.05) is 60.5 Å². The summed E-state index contributed by atoms with van der Waals surface area (Å²) in [5.74, 6) is -0.216. The molecule has 4 aliphatic heterocycles. The van der Waals surface area contributed by atoms with Gasteiger partial charge >= 0.3 is 0 Å². The van der Waals surface area contributed by atoms with E-state index in [2.05, 4.69) is 45.9 Å². The van der Waals surface area contributed by atoms with Crippen molar-refractivity contribution in [1.29, 1.82) is 5.26 Å². The number of hydrogen-bond donors (Lipinski definition) is 1. The Morgan fingerprint density at radius 1 is 1.13 bits per heavy atom. The lowest BCUT2D eigenvalue weighted by atomic mass is 9.79. The zero-order valence-electron chi connectivity index (χ0n) is 29.8. The van der Waals surface area contributed by atoms with Gasteiger partial charge in [0.15, 0.2) is 5.82 Å². The van der Waals surface area contributed by atoms with Crippen molar-refractivity contribution in [3.8, 4) is 23.1 Å². The van der Waals surface area contributed by atoms with E-state index in [9.17, 15) is 14.4 Å². The summed E-state index contributed by atoms with van der Waals surface area (Å²) in [5.41, 5.74) is 4.06. The molecule has 11 heteroatoms. The summed E-state index contributed by atoms with van der Waals surface area (Å²) in [6.07, 6.45) is 6.33. The fraction of sp³-hybridized carbons (Fsp3) is 0.463. The molecule has 5 fully saturated rings. The fourth-order valence-corrected chi connectivity index (χ4v) is 9.89. The molecule has 6 atom stereocenters. The molecule has 9 nitrogen and oxygen atoms in total. The maximum atomic E-state index is 17.8. The van der Waals surface area contributed by atoms with Crippen molar-refractivity contribution < 1.29 is 18.3 Å². The zero-order chi connectivity index (χ0) is 35.8. The zero-order valence-corrected chi connectivity index (χ0v) is 29.8. The van der Waals surface area contributed by atoms with E-state index < -0.39 is 11.6 Å². The molecule has 1 aliphatic carbocycles. The largest absolute Gasteiger partial charge is 0.472 e. The van der Waals surface area contributed by atoms with Gasteiger partial charge in [-0.1, -0.05) is 12.1 Å². The number of ether oxygens (including phenoxy) is 1. The molecule has 268 valence electrons. The number of aryl methyl sites for hydroxylation is 1. The number of carbonyl (C=O) groups excluding carboxylic acids is 1. The van der Waals surface area contributed by atoms with Gasteiger partial charge in [-0.3, -0.25) is 14.7 Å². The predicted molar refractivity (Wildman–Crippen MR) is 196 cm³/mol. The molecule has 10 rings (SSSR count). The number of nitrogens with zero attached hydrogens (tertiary/aromatic N) is 6. The maximum Gasteiger partial charge on any atom is 0.223 e. The lowest BCUT2D eigenvalue weighted by Crippen LogP contribution is -2.40. The summed E-state index contributed by atoms with van der Waals surface area (Å²) >= 11 is 0. The van der Waals surface area contributed by atoms with Crippen molar-refractivity contribution in [2.75, 3.05) is 26.7 Å². The molecule has 0 spiro atoms. The lowest BCUT2D eigenvalue weighted by molar-refractivity contribution is -0.129. The van der Waals surface area contributed by atoms with E-state index in [0.29, 0.717) is 57.7 Å². The van der Waals surface area contributed by atoms with E-state index >= 15 is 4.39 Å². The van der Waals surface area contributed by atoms with Gasteiger partial charge < -0.3 is 19.5 Å². The van der Waals surface area contributed by atoms with Crippen molar-refractivity contribution in [2.24, 2.45) is 5.92 Å². The Balaban J connectivity index is 1.36. The van der Waals surface area contributed by atoms with Crippen molar-refractivity contribution in [2.45, 2.75) is 89.1 Å². The Morgan fingerprint density at radius 3 is 2.71 bits per heavy atom. The van der Waals surface area contributed by atoms with Crippen molar-refractivity contribution in [3.05, 3.63) is 65.5 Å². The molecular formula is C41H43F2N7O2. The Hall–Kier alpha value is -4.66. The van der Waals surface area contributed by atoms with Gasteiger partial charge in [0.2, 0.25) is 11.8 Å². The Bertz CT molecular complexity index is 2290. The summed E-state index contributed by atoms with van der Waals surface area (Å²) in [5, 5.41) is 15.4. The molecule has 5 aliphatic rings. The third-order valence-electron chi connectivity index (χ3n) is 12.4. The number of nitrogens with one attached hydrogen (secondary N) is 1. The molecule has 1 saturated carbocycles. The van der Waals surface area contributed by atoms with E-state index in [1.54, 1.807) is 25.1 Å². The van der Waals surface area contributed by atoms with Crippen LogP contribution in [-0.2, 0) is 11.2 Å². The number of pyridine rings is 2. The minimum atomic E-state index is -0.533. The molecular weight excluding hydrogens is 660 g/mol.